The van der Waals surface area contributed by atoms with Crippen molar-refractivity contribution in [2.24, 2.45) is 0 Å². The third kappa shape index (κ3) is 5.37. The molecule has 1 aromatic carbocycles. The highest BCUT2D eigenvalue weighted by atomic mass is 79.9. The van der Waals surface area contributed by atoms with Gasteiger partial charge < -0.3 is 5.11 Å². The van der Waals surface area contributed by atoms with E-state index in [0.29, 0.717) is 5.25 Å². The summed E-state index contributed by atoms with van der Waals surface area (Å²) in [6.45, 7) is 4.38. The fraction of sp³-hybridized carbons (Fsp3) is 0.538. The predicted molar refractivity (Wildman–Crippen MR) is 76.1 cm³/mol. The molecule has 0 saturated heterocycles. The van der Waals surface area contributed by atoms with Gasteiger partial charge in [0.05, 0.1) is 6.10 Å². The fourth-order valence-electron chi connectivity index (χ4n) is 1.39. The van der Waals surface area contributed by atoms with Gasteiger partial charge >= 0.3 is 0 Å². The van der Waals surface area contributed by atoms with Gasteiger partial charge in [-0.15, -0.1) is 0 Å². The lowest BCUT2D eigenvalue weighted by molar-refractivity contribution is 0.200. The van der Waals surface area contributed by atoms with Crippen LogP contribution in [0, 0.1) is 0 Å². The Labute approximate surface area is 111 Å². The topological polar surface area (TPSA) is 20.2 Å². The van der Waals surface area contributed by atoms with E-state index in [2.05, 4.69) is 41.9 Å². The monoisotopic (exact) mass is 302 g/mol. The van der Waals surface area contributed by atoms with Crippen LogP contribution in [0.4, 0.5) is 0 Å². The van der Waals surface area contributed by atoms with Crippen LogP contribution in [0.25, 0.3) is 0 Å². The second-order valence-corrected chi connectivity index (χ2v) is 6.43. The van der Waals surface area contributed by atoms with Gasteiger partial charge in [0.15, 0.2) is 0 Å². The van der Waals surface area contributed by atoms with E-state index in [1.54, 1.807) is 0 Å². The maximum atomic E-state index is 9.90. The molecule has 0 aliphatic carbocycles. The smallest absolute Gasteiger partial charge is 0.0670 e. The Morgan fingerprint density at radius 1 is 1.44 bits per heavy atom. The number of benzene rings is 1. The summed E-state index contributed by atoms with van der Waals surface area (Å²) in [7, 11) is 0. The Balaban J connectivity index is 2.36. The molecule has 0 aliphatic rings. The molecule has 3 heteroatoms. The molecule has 0 spiro atoms. The molecule has 0 saturated carbocycles. The van der Waals surface area contributed by atoms with Gasteiger partial charge in [0.1, 0.15) is 0 Å². The van der Waals surface area contributed by atoms with Gasteiger partial charge in [-0.05, 0) is 30.5 Å². The second-order valence-electron chi connectivity index (χ2n) is 4.04. The van der Waals surface area contributed by atoms with E-state index in [-0.39, 0.29) is 6.10 Å². The van der Waals surface area contributed by atoms with Crippen LogP contribution in [0.15, 0.2) is 28.7 Å². The highest BCUT2D eigenvalue weighted by molar-refractivity contribution is 9.10. The van der Waals surface area contributed by atoms with Crippen molar-refractivity contribution in [3.05, 3.63) is 34.3 Å². The molecule has 2 unspecified atom stereocenters. The van der Waals surface area contributed by atoms with Gasteiger partial charge in [0.25, 0.3) is 0 Å². The lowest BCUT2D eigenvalue weighted by Crippen LogP contribution is -2.15. The number of rotatable bonds is 6. The standard InChI is InChI=1S/C13H19BrOS/c1-3-10(2)16-9-13(15)8-11-5-4-6-12(14)7-11/h4-7,10,13,15H,3,8-9H2,1-2H3. The Kier molecular flexibility index (Phi) is 6.47. The van der Waals surface area contributed by atoms with Crippen LogP contribution < -0.4 is 0 Å². The van der Waals surface area contributed by atoms with Gasteiger partial charge in [-0.2, -0.15) is 11.8 Å². The molecule has 0 bridgehead atoms. The van der Waals surface area contributed by atoms with E-state index in [4.69, 9.17) is 0 Å². The molecule has 90 valence electrons. The summed E-state index contributed by atoms with van der Waals surface area (Å²) in [4.78, 5) is 0. The molecule has 1 nitrogen and oxygen atoms in total. The number of hydrogen-bond acceptors (Lipinski definition) is 2. The lowest BCUT2D eigenvalue weighted by Gasteiger charge is -2.13. The molecule has 0 heterocycles. The molecule has 0 fully saturated rings. The number of aliphatic hydroxyl groups excluding tert-OH is 1. The minimum Gasteiger partial charge on any atom is -0.392 e. The highest BCUT2D eigenvalue weighted by Gasteiger charge is 2.08. The zero-order valence-corrected chi connectivity index (χ0v) is 12.2. The number of thioether (sulfide) groups is 1. The highest BCUT2D eigenvalue weighted by Crippen LogP contribution is 2.18. The quantitative estimate of drug-likeness (QED) is 0.860. The van der Waals surface area contributed by atoms with Crippen LogP contribution in [0.5, 0.6) is 0 Å². The summed E-state index contributed by atoms with van der Waals surface area (Å²) in [5.74, 6) is 0.821. The van der Waals surface area contributed by atoms with Gasteiger partial charge in [0, 0.05) is 15.5 Å². The van der Waals surface area contributed by atoms with Crippen LogP contribution >= 0.6 is 27.7 Å². The Morgan fingerprint density at radius 2 is 2.19 bits per heavy atom. The number of aliphatic hydroxyl groups is 1. The van der Waals surface area contributed by atoms with Gasteiger partial charge in [-0.1, -0.05) is 41.9 Å². The van der Waals surface area contributed by atoms with Gasteiger partial charge in [-0.25, -0.2) is 0 Å². The van der Waals surface area contributed by atoms with Crippen LogP contribution in [0.2, 0.25) is 0 Å². The molecule has 0 amide bonds. The van der Waals surface area contributed by atoms with Crippen LogP contribution in [-0.2, 0) is 6.42 Å². The van der Waals surface area contributed by atoms with Crippen molar-refractivity contribution >= 4 is 27.7 Å². The molecule has 1 rings (SSSR count). The first-order chi connectivity index (χ1) is 7.61. The van der Waals surface area contributed by atoms with E-state index >= 15 is 0 Å². The molecule has 0 aliphatic heterocycles. The zero-order chi connectivity index (χ0) is 12.0. The lowest BCUT2D eigenvalue weighted by atomic mass is 10.1. The Morgan fingerprint density at radius 3 is 2.81 bits per heavy atom. The van der Waals surface area contributed by atoms with Gasteiger partial charge in [-0.3, -0.25) is 0 Å². The molecule has 16 heavy (non-hydrogen) atoms. The normalized spacial score (nSPS) is 14.8. The minimum absolute atomic E-state index is 0.242. The first-order valence-electron chi connectivity index (χ1n) is 5.66. The minimum atomic E-state index is -0.242. The Hall–Kier alpha value is 0.01000. The summed E-state index contributed by atoms with van der Waals surface area (Å²) in [5.41, 5.74) is 1.19. The van der Waals surface area contributed by atoms with Crippen molar-refractivity contribution in [3.8, 4) is 0 Å². The van der Waals surface area contributed by atoms with Gasteiger partial charge in [0.2, 0.25) is 0 Å². The SMILES string of the molecule is CCC(C)SCC(O)Cc1cccc(Br)c1. The average Bonchev–Trinajstić information content (AvgIpc) is 2.26. The first kappa shape index (κ1) is 14.1. The molecule has 0 radical (unpaired) electrons. The van der Waals surface area contributed by atoms with Crippen molar-refractivity contribution < 1.29 is 5.11 Å². The summed E-state index contributed by atoms with van der Waals surface area (Å²) in [6.07, 6.45) is 1.66. The first-order valence-corrected chi connectivity index (χ1v) is 7.50. The van der Waals surface area contributed by atoms with Crippen LogP contribution in [-0.4, -0.2) is 22.2 Å². The third-order valence-corrected chi connectivity index (χ3v) is 4.48. The van der Waals surface area contributed by atoms with Crippen molar-refractivity contribution in [3.63, 3.8) is 0 Å². The largest absolute Gasteiger partial charge is 0.392 e. The van der Waals surface area contributed by atoms with E-state index in [9.17, 15) is 5.11 Å². The average molecular weight is 303 g/mol. The molecule has 0 aromatic heterocycles. The van der Waals surface area contributed by atoms with Crippen molar-refractivity contribution in [1.29, 1.82) is 0 Å². The summed E-state index contributed by atoms with van der Waals surface area (Å²) in [5, 5.41) is 10.5. The Bertz CT molecular complexity index is 317. The maximum Gasteiger partial charge on any atom is 0.0670 e. The van der Waals surface area contributed by atoms with Crippen molar-refractivity contribution in [1.82, 2.24) is 0 Å². The number of hydrogen-bond donors (Lipinski definition) is 1. The van der Waals surface area contributed by atoms with Crippen LogP contribution in [0.3, 0.4) is 0 Å². The maximum absolute atomic E-state index is 9.90. The molecule has 1 aromatic rings. The predicted octanol–water partition coefficient (Wildman–Crippen LogP) is 3.88. The van der Waals surface area contributed by atoms with Crippen molar-refractivity contribution in [2.75, 3.05) is 5.75 Å². The summed E-state index contributed by atoms with van der Waals surface area (Å²) < 4.78 is 1.08. The second kappa shape index (κ2) is 7.36. The van der Waals surface area contributed by atoms with E-state index < -0.39 is 0 Å². The number of halogens is 1. The fourth-order valence-corrected chi connectivity index (χ4v) is 2.74. The van der Waals surface area contributed by atoms with E-state index in [1.165, 1.54) is 5.56 Å². The summed E-state index contributed by atoms with van der Waals surface area (Å²) >= 11 is 5.28. The third-order valence-electron chi connectivity index (χ3n) is 2.51. The molecule has 1 N–H and O–H groups in total. The molecular formula is C13H19BrOS. The van der Waals surface area contributed by atoms with E-state index in [0.717, 1.165) is 23.1 Å². The zero-order valence-electron chi connectivity index (χ0n) is 9.82. The van der Waals surface area contributed by atoms with Crippen LogP contribution in [0.1, 0.15) is 25.8 Å². The molecular weight excluding hydrogens is 284 g/mol. The van der Waals surface area contributed by atoms with Crippen molar-refractivity contribution in [2.45, 2.75) is 38.0 Å². The molecule has 2 atom stereocenters. The summed E-state index contributed by atoms with van der Waals surface area (Å²) in [6, 6.07) is 8.14. The van der Waals surface area contributed by atoms with E-state index in [1.807, 2.05) is 23.9 Å².